The molecule has 0 heterocycles. The number of sulfonamides is 1. The second-order valence-electron chi connectivity index (χ2n) is 5.74. The zero-order valence-corrected chi connectivity index (χ0v) is 14.0. The number of halogens is 1. The van der Waals surface area contributed by atoms with Crippen LogP contribution in [-0.2, 0) is 14.8 Å². The number of carbonyl (C=O) groups excluding carboxylic acids is 1. The minimum Gasteiger partial charge on any atom is -0.326 e. The van der Waals surface area contributed by atoms with Crippen LogP contribution in [0.4, 0.5) is 11.4 Å². The van der Waals surface area contributed by atoms with Gasteiger partial charge in [-0.15, -0.1) is 11.6 Å². The molecule has 1 rings (SSSR count). The van der Waals surface area contributed by atoms with E-state index in [-0.39, 0.29) is 11.7 Å². The minimum atomic E-state index is -3.38. The van der Waals surface area contributed by atoms with Gasteiger partial charge >= 0.3 is 0 Å². The largest absolute Gasteiger partial charge is 0.326 e. The third-order valence-electron chi connectivity index (χ3n) is 2.64. The number of alkyl halides is 1. The van der Waals surface area contributed by atoms with E-state index in [2.05, 4.69) is 10.0 Å². The molecule has 0 unspecified atom stereocenters. The highest BCUT2D eigenvalue weighted by atomic mass is 35.5. The first-order chi connectivity index (χ1) is 9.64. The van der Waals surface area contributed by atoms with E-state index in [9.17, 15) is 13.2 Å². The van der Waals surface area contributed by atoms with E-state index in [0.717, 1.165) is 0 Å². The molecule has 0 aliphatic carbocycles. The maximum atomic E-state index is 11.8. The lowest BCUT2D eigenvalue weighted by atomic mass is 9.95. The van der Waals surface area contributed by atoms with E-state index in [1.165, 1.54) is 0 Å². The molecule has 0 fully saturated rings. The molecule has 2 N–H and O–H groups in total. The van der Waals surface area contributed by atoms with Gasteiger partial charge in [-0.2, -0.15) is 0 Å². The van der Waals surface area contributed by atoms with E-state index >= 15 is 0 Å². The second kappa shape index (κ2) is 7.13. The van der Waals surface area contributed by atoms with E-state index in [0.29, 0.717) is 23.7 Å². The lowest BCUT2D eigenvalue weighted by Gasteiger charge is -2.17. The molecule has 0 saturated heterocycles. The number of nitrogens with one attached hydrogen (secondary N) is 2. The van der Waals surface area contributed by atoms with Gasteiger partial charge in [-0.05, 0) is 30.7 Å². The molecule has 0 radical (unpaired) electrons. The lowest BCUT2D eigenvalue weighted by molar-refractivity contribution is -0.123. The molecule has 0 atom stereocenters. The number of carbonyl (C=O) groups is 1. The summed E-state index contributed by atoms with van der Waals surface area (Å²) >= 11 is 5.48. The molecule has 5 nitrogen and oxygen atoms in total. The van der Waals surface area contributed by atoms with Crippen molar-refractivity contribution in [1.82, 2.24) is 0 Å². The van der Waals surface area contributed by atoms with Gasteiger partial charge in [0, 0.05) is 22.7 Å². The molecule has 0 aromatic heterocycles. The van der Waals surface area contributed by atoms with Gasteiger partial charge < -0.3 is 5.32 Å². The average molecular weight is 333 g/mol. The summed E-state index contributed by atoms with van der Waals surface area (Å²) in [7, 11) is -3.38. The zero-order chi connectivity index (χ0) is 16.1. The van der Waals surface area contributed by atoms with Crippen molar-refractivity contribution in [2.24, 2.45) is 5.41 Å². The monoisotopic (exact) mass is 332 g/mol. The molecule has 0 bridgehead atoms. The maximum Gasteiger partial charge on any atom is 0.232 e. The summed E-state index contributed by atoms with van der Waals surface area (Å²) < 4.78 is 25.9. The molecule has 1 aromatic carbocycles. The number of rotatable bonds is 6. The second-order valence-corrected chi connectivity index (χ2v) is 7.96. The van der Waals surface area contributed by atoms with Crippen LogP contribution >= 0.6 is 11.6 Å². The fourth-order valence-electron chi connectivity index (χ4n) is 1.42. The fourth-order valence-corrected chi connectivity index (χ4v) is 2.83. The van der Waals surface area contributed by atoms with E-state index in [1.807, 2.05) is 20.8 Å². The molecule has 7 heteroatoms. The smallest absolute Gasteiger partial charge is 0.232 e. The summed E-state index contributed by atoms with van der Waals surface area (Å²) in [6, 6.07) is 6.53. The average Bonchev–Trinajstić information content (AvgIpc) is 2.37. The molecular formula is C14H21ClN2O3S. The molecule has 0 aliphatic rings. The molecule has 21 heavy (non-hydrogen) atoms. The highest BCUT2D eigenvalue weighted by Gasteiger charge is 2.21. The molecular weight excluding hydrogens is 312 g/mol. The third-order valence-corrected chi connectivity index (χ3v) is 4.28. The normalized spacial score (nSPS) is 12.0. The van der Waals surface area contributed by atoms with Crippen LogP contribution in [0.25, 0.3) is 0 Å². The van der Waals surface area contributed by atoms with Crippen molar-refractivity contribution in [2.45, 2.75) is 27.2 Å². The van der Waals surface area contributed by atoms with Crippen LogP contribution in [0.3, 0.4) is 0 Å². The van der Waals surface area contributed by atoms with Gasteiger partial charge in [0.05, 0.1) is 5.75 Å². The molecule has 0 spiro atoms. The first-order valence-electron chi connectivity index (χ1n) is 6.62. The van der Waals surface area contributed by atoms with Gasteiger partial charge in [0.1, 0.15) is 0 Å². The Morgan fingerprint density at radius 1 is 1.14 bits per heavy atom. The van der Waals surface area contributed by atoms with Gasteiger partial charge in [-0.1, -0.05) is 20.8 Å². The van der Waals surface area contributed by atoms with Crippen molar-refractivity contribution in [1.29, 1.82) is 0 Å². The highest BCUT2D eigenvalue weighted by molar-refractivity contribution is 7.92. The summed E-state index contributed by atoms with van der Waals surface area (Å²) in [5, 5.41) is 2.77. The van der Waals surface area contributed by atoms with Crippen LogP contribution in [0.1, 0.15) is 27.2 Å². The molecule has 0 aliphatic heterocycles. The highest BCUT2D eigenvalue weighted by Crippen LogP contribution is 2.19. The van der Waals surface area contributed by atoms with Crippen LogP contribution in [0.2, 0.25) is 0 Å². The Hall–Kier alpha value is -1.27. The Labute approximate surface area is 131 Å². The fraction of sp³-hybridized carbons (Fsp3) is 0.500. The summed E-state index contributed by atoms with van der Waals surface area (Å²) in [5.74, 6) is 0.190. The molecule has 1 aromatic rings. The standard InChI is InChI=1S/C14H21ClN2O3S/c1-14(2,3)13(18)16-11-5-7-12(8-6-11)17-21(19,20)10-4-9-15/h5-8,17H,4,9-10H2,1-3H3,(H,16,18). The Balaban J connectivity index is 2.69. The number of hydrogen-bond donors (Lipinski definition) is 2. The van der Waals surface area contributed by atoms with Crippen molar-refractivity contribution in [2.75, 3.05) is 21.7 Å². The SMILES string of the molecule is CC(C)(C)C(=O)Nc1ccc(NS(=O)(=O)CCCCl)cc1. The van der Waals surface area contributed by atoms with E-state index < -0.39 is 15.4 Å². The number of hydrogen-bond acceptors (Lipinski definition) is 3. The van der Waals surface area contributed by atoms with Crippen LogP contribution in [-0.4, -0.2) is 26.0 Å². The van der Waals surface area contributed by atoms with Crippen LogP contribution in [0.15, 0.2) is 24.3 Å². The minimum absolute atomic E-state index is 0.0149. The first-order valence-corrected chi connectivity index (χ1v) is 8.81. The Morgan fingerprint density at radius 2 is 1.67 bits per heavy atom. The summed E-state index contributed by atoms with van der Waals surface area (Å²) in [6.07, 6.45) is 0.399. The predicted octanol–water partition coefficient (Wildman–Crippen LogP) is 3.04. The van der Waals surface area contributed by atoms with Gasteiger partial charge in [0.15, 0.2) is 0 Å². The van der Waals surface area contributed by atoms with Gasteiger partial charge in [-0.25, -0.2) is 8.42 Å². The van der Waals surface area contributed by atoms with Crippen molar-refractivity contribution < 1.29 is 13.2 Å². The quantitative estimate of drug-likeness (QED) is 0.786. The summed E-state index contributed by atoms with van der Waals surface area (Å²) in [4.78, 5) is 11.8. The van der Waals surface area contributed by atoms with Crippen molar-refractivity contribution in [3.63, 3.8) is 0 Å². The van der Waals surface area contributed by atoms with Gasteiger partial charge in [-0.3, -0.25) is 9.52 Å². The Bertz CT molecular complexity index is 577. The van der Waals surface area contributed by atoms with Gasteiger partial charge in [0.2, 0.25) is 15.9 Å². The predicted molar refractivity (Wildman–Crippen MR) is 87.3 cm³/mol. The Kier molecular flexibility index (Phi) is 6.04. The van der Waals surface area contributed by atoms with Crippen molar-refractivity contribution >= 4 is 38.9 Å². The van der Waals surface area contributed by atoms with Gasteiger partial charge in [0.25, 0.3) is 0 Å². The van der Waals surface area contributed by atoms with Crippen molar-refractivity contribution in [3.05, 3.63) is 24.3 Å². The molecule has 118 valence electrons. The number of anilines is 2. The van der Waals surface area contributed by atoms with Crippen LogP contribution < -0.4 is 10.0 Å². The number of amides is 1. The molecule has 1 amide bonds. The third kappa shape index (κ3) is 6.35. The Morgan fingerprint density at radius 3 is 2.14 bits per heavy atom. The topological polar surface area (TPSA) is 75.3 Å². The first kappa shape index (κ1) is 17.8. The lowest BCUT2D eigenvalue weighted by Crippen LogP contribution is -2.27. The summed E-state index contributed by atoms with van der Waals surface area (Å²) in [6.45, 7) is 5.46. The van der Waals surface area contributed by atoms with Crippen LogP contribution in [0, 0.1) is 5.41 Å². The zero-order valence-electron chi connectivity index (χ0n) is 12.4. The van der Waals surface area contributed by atoms with Crippen molar-refractivity contribution in [3.8, 4) is 0 Å². The van der Waals surface area contributed by atoms with E-state index in [4.69, 9.17) is 11.6 Å². The van der Waals surface area contributed by atoms with Crippen LogP contribution in [0.5, 0.6) is 0 Å². The summed E-state index contributed by atoms with van der Waals surface area (Å²) in [5.41, 5.74) is 0.596. The van der Waals surface area contributed by atoms with E-state index in [1.54, 1.807) is 24.3 Å². The number of benzene rings is 1. The molecule has 0 saturated carbocycles. The maximum absolute atomic E-state index is 11.8.